The average Bonchev–Trinajstić information content (AvgIpc) is 3.05. The standard InChI is InChI=1S/C18H16BrN3O3/c19-16-9(23)5-8-17(25)18(16)2-3-20-13-11(18)14-10-7(1-4-22(8)14)6-21-12(10)15(13)24/h6,8,17,23-25H,1-5H2/p+1. The van der Waals surface area contributed by atoms with Crippen LogP contribution in [0.15, 0.2) is 20.2 Å². The second-order valence-electron chi connectivity index (χ2n) is 7.60. The van der Waals surface area contributed by atoms with E-state index in [0.29, 0.717) is 40.7 Å². The number of phenols is 1. The zero-order valence-electron chi connectivity index (χ0n) is 13.4. The fourth-order valence-corrected chi connectivity index (χ4v) is 6.45. The summed E-state index contributed by atoms with van der Waals surface area (Å²) in [5.74, 6) is 0.420. The lowest BCUT2D eigenvalue weighted by molar-refractivity contribution is -0.871. The number of benzene rings is 1. The quantitative estimate of drug-likeness (QED) is 0.451. The van der Waals surface area contributed by atoms with Crippen molar-refractivity contribution in [3.8, 4) is 5.75 Å². The Morgan fingerprint density at radius 2 is 2.16 bits per heavy atom. The molecule has 0 amide bonds. The summed E-state index contributed by atoms with van der Waals surface area (Å²) in [6.45, 7) is 1.36. The number of hydrogen-bond acceptors (Lipinski definition) is 5. The predicted molar refractivity (Wildman–Crippen MR) is 94.7 cm³/mol. The lowest BCUT2D eigenvalue weighted by Gasteiger charge is -2.53. The van der Waals surface area contributed by atoms with Crippen molar-refractivity contribution in [2.45, 2.75) is 36.8 Å². The molecule has 5 aliphatic rings. The number of aliphatic hydroxyl groups excluding tert-OH is 2. The molecule has 0 fully saturated rings. The van der Waals surface area contributed by atoms with E-state index in [2.05, 4.69) is 25.9 Å². The Bertz CT molecular complexity index is 1060. The van der Waals surface area contributed by atoms with Crippen LogP contribution < -0.4 is 15.5 Å². The smallest absolute Gasteiger partial charge is 0.168 e. The van der Waals surface area contributed by atoms with Crippen LogP contribution in [0.4, 0.5) is 11.4 Å². The van der Waals surface area contributed by atoms with E-state index >= 15 is 0 Å². The Morgan fingerprint density at radius 3 is 3.00 bits per heavy atom. The van der Waals surface area contributed by atoms with Crippen molar-refractivity contribution in [3.05, 3.63) is 26.4 Å². The molecule has 25 heavy (non-hydrogen) atoms. The Hall–Kier alpha value is -1.70. The zero-order chi connectivity index (χ0) is 17.1. The summed E-state index contributed by atoms with van der Waals surface area (Å²) in [5.41, 5.74) is 3.08. The highest BCUT2D eigenvalue weighted by Gasteiger charge is 2.62. The molecule has 1 aromatic carbocycles. The van der Waals surface area contributed by atoms with Gasteiger partial charge in [-0.25, -0.2) is 0 Å². The van der Waals surface area contributed by atoms with E-state index in [0.717, 1.165) is 35.0 Å². The van der Waals surface area contributed by atoms with Gasteiger partial charge in [-0.1, -0.05) is 15.9 Å². The highest BCUT2D eigenvalue weighted by atomic mass is 79.9. The van der Waals surface area contributed by atoms with E-state index in [1.54, 1.807) is 0 Å². The van der Waals surface area contributed by atoms with Crippen molar-refractivity contribution in [2.24, 2.45) is 9.98 Å². The van der Waals surface area contributed by atoms with E-state index in [-0.39, 0.29) is 11.8 Å². The largest absolute Gasteiger partial charge is 0.511 e. The van der Waals surface area contributed by atoms with Crippen molar-refractivity contribution in [2.75, 3.05) is 13.1 Å². The number of fused-ring (bicyclic) bond motifs is 2. The number of quaternary nitrogens is 1. The molecule has 2 bridgehead atoms. The van der Waals surface area contributed by atoms with Crippen LogP contribution in [0.5, 0.6) is 5.75 Å². The third-order valence-corrected chi connectivity index (χ3v) is 7.86. The van der Waals surface area contributed by atoms with E-state index < -0.39 is 11.5 Å². The van der Waals surface area contributed by atoms with Crippen LogP contribution in [0, 0.1) is 0 Å². The molecule has 0 aromatic heterocycles. The molecular formula is C18H17BrN3O3+. The van der Waals surface area contributed by atoms with Crippen LogP contribution in [-0.2, 0) is 5.41 Å². The molecule has 0 saturated carbocycles. The zero-order valence-corrected chi connectivity index (χ0v) is 15.0. The number of halogens is 1. The molecule has 0 radical (unpaired) electrons. The first-order valence-corrected chi connectivity index (χ1v) is 9.48. The van der Waals surface area contributed by atoms with E-state index in [9.17, 15) is 15.3 Å². The maximum atomic E-state index is 11.3. The molecule has 1 aromatic rings. The highest BCUT2D eigenvalue weighted by molar-refractivity contribution is 9.11. The van der Waals surface area contributed by atoms with Gasteiger partial charge >= 0.3 is 0 Å². The molecule has 1 spiro atoms. The van der Waals surface area contributed by atoms with E-state index in [1.807, 2.05) is 6.21 Å². The summed E-state index contributed by atoms with van der Waals surface area (Å²) in [7, 11) is 0. The van der Waals surface area contributed by atoms with Gasteiger partial charge in [-0.05, 0) is 12.0 Å². The molecule has 7 heteroatoms. The van der Waals surface area contributed by atoms with Crippen LogP contribution >= 0.6 is 15.9 Å². The van der Waals surface area contributed by atoms with Crippen molar-refractivity contribution in [3.63, 3.8) is 0 Å². The van der Waals surface area contributed by atoms with Crippen LogP contribution in [0.25, 0.3) is 5.57 Å². The summed E-state index contributed by atoms with van der Waals surface area (Å²) in [6.07, 6.45) is 3.18. The second kappa shape index (κ2) is 4.34. The van der Waals surface area contributed by atoms with Gasteiger partial charge in [0.15, 0.2) is 5.75 Å². The monoisotopic (exact) mass is 402 g/mol. The van der Waals surface area contributed by atoms with Crippen LogP contribution in [0.3, 0.4) is 0 Å². The third kappa shape index (κ3) is 1.39. The fourth-order valence-electron chi connectivity index (χ4n) is 5.66. The molecule has 6 nitrogen and oxygen atoms in total. The molecule has 6 rings (SSSR count). The van der Waals surface area contributed by atoms with Gasteiger partial charge in [0.2, 0.25) is 0 Å². The first kappa shape index (κ1) is 14.5. The number of rotatable bonds is 0. The summed E-state index contributed by atoms with van der Waals surface area (Å²) >= 11 is 3.59. The van der Waals surface area contributed by atoms with Gasteiger partial charge in [0.1, 0.15) is 34.6 Å². The van der Waals surface area contributed by atoms with Gasteiger partial charge in [-0.2, -0.15) is 0 Å². The maximum absolute atomic E-state index is 11.3. The van der Waals surface area contributed by atoms with Gasteiger partial charge < -0.3 is 15.3 Å². The Kier molecular flexibility index (Phi) is 2.51. The normalized spacial score (nSPS) is 36.4. The van der Waals surface area contributed by atoms with Crippen molar-refractivity contribution in [1.29, 1.82) is 0 Å². The second-order valence-corrected chi connectivity index (χ2v) is 8.39. The van der Waals surface area contributed by atoms with Crippen molar-refractivity contribution < 1.29 is 20.2 Å². The number of nitrogens with zero attached hydrogens (tertiary/aromatic N) is 2. The highest BCUT2D eigenvalue weighted by Crippen LogP contribution is 2.52. The van der Waals surface area contributed by atoms with Crippen LogP contribution in [-0.4, -0.2) is 46.8 Å². The summed E-state index contributed by atoms with van der Waals surface area (Å²) in [5, 5.41) is 34.4. The lowest BCUT2D eigenvalue weighted by Crippen LogP contribution is -3.16. The number of aromatic hydroxyl groups is 1. The molecule has 4 unspecified atom stereocenters. The lowest BCUT2D eigenvalue weighted by atomic mass is 9.61. The average molecular weight is 403 g/mol. The minimum atomic E-state index is -0.722. The number of aliphatic imine (C=N–C) groups is 1. The molecule has 0 saturated heterocycles. The molecule has 4 aliphatic heterocycles. The summed E-state index contributed by atoms with van der Waals surface area (Å²) in [4.78, 5) is 10.3. The Labute approximate surface area is 151 Å². The number of aliphatic hydroxyl groups is 2. The predicted octanol–water partition coefficient (Wildman–Crippen LogP) is -0.249. The Morgan fingerprint density at radius 1 is 1.32 bits per heavy atom. The molecule has 4 atom stereocenters. The van der Waals surface area contributed by atoms with Gasteiger partial charge in [0, 0.05) is 23.7 Å². The number of phenolic OH excluding ortho intramolecular Hbond substituents is 1. The molecule has 4 heterocycles. The van der Waals surface area contributed by atoms with Crippen molar-refractivity contribution >= 4 is 39.1 Å². The SMILES string of the molecule is OC1=C(Br)C23CCN=c4c(O)c5c6c(c42)[NH+](CCC=6C=N5)C(C1)C3O. The molecule has 128 valence electrons. The topological polar surface area (TPSA) is 89.9 Å². The number of nitrogens with one attached hydrogen (secondary N) is 1. The summed E-state index contributed by atoms with van der Waals surface area (Å²) < 4.78 is 0.653. The molecular weight excluding hydrogens is 386 g/mol. The van der Waals surface area contributed by atoms with Gasteiger partial charge in [-0.3, -0.25) is 14.9 Å². The molecule has 1 aliphatic carbocycles. The fraction of sp³-hybridized carbons (Fsp3) is 0.444. The van der Waals surface area contributed by atoms with Gasteiger partial charge in [-0.15, -0.1) is 0 Å². The van der Waals surface area contributed by atoms with E-state index in [4.69, 9.17) is 0 Å². The minimum Gasteiger partial charge on any atom is -0.511 e. The first-order valence-electron chi connectivity index (χ1n) is 8.69. The van der Waals surface area contributed by atoms with E-state index in [1.165, 1.54) is 4.90 Å². The third-order valence-electron chi connectivity index (χ3n) is 6.69. The van der Waals surface area contributed by atoms with Gasteiger partial charge in [0.05, 0.1) is 29.2 Å². The number of hydrogen-bond donors (Lipinski definition) is 4. The Balaban J connectivity index is 1.89. The van der Waals surface area contributed by atoms with Crippen LogP contribution in [0.2, 0.25) is 0 Å². The van der Waals surface area contributed by atoms with Crippen molar-refractivity contribution in [1.82, 2.24) is 0 Å². The maximum Gasteiger partial charge on any atom is 0.168 e. The van der Waals surface area contributed by atoms with Gasteiger partial charge in [0.25, 0.3) is 0 Å². The first-order chi connectivity index (χ1) is 12.1. The molecule has 4 N–H and O–H groups in total. The minimum absolute atomic E-state index is 0.0875. The summed E-state index contributed by atoms with van der Waals surface area (Å²) in [6, 6.07) is -0.0875. The van der Waals surface area contributed by atoms with Crippen LogP contribution in [0.1, 0.15) is 24.8 Å².